The van der Waals surface area contributed by atoms with Crippen molar-refractivity contribution in [1.29, 1.82) is 0 Å². The van der Waals surface area contributed by atoms with Gasteiger partial charge in [0.25, 0.3) is 6.02 Å². The zero-order valence-electron chi connectivity index (χ0n) is 21.8. The van der Waals surface area contributed by atoms with Crippen molar-refractivity contribution in [3.63, 3.8) is 0 Å². The topological polar surface area (TPSA) is 70.6 Å². The average molecular weight is 568 g/mol. The van der Waals surface area contributed by atoms with Crippen LogP contribution < -0.4 is 16.0 Å². The van der Waals surface area contributed by atoms with Crippen molar-refractivity contribution in [3.05, 3.63) is 70.7 Å². The minimum atomic E-state index is -4.76. The second kappa shape index (κ2) is 11.3. The van der Waals surface area contributed by atoms with Crippen LogP contribution in [0.5, 0.6) is 0 Å². The zero-order valence-corrected chi connectivity index (χ0v) is 21.8. The van der Waals surface area contributed by atoms with Gasteiger partial charge in [0.15, 0.2) is 0 Å². The SMILES string of the molecule is FC(F)(F)c1ccc(NC2(c3ncccc3C(F)(F)F)N=C(OC3CCCCCC3)NC3=C2CCNCC3)cc1. The molecule has 3 aliphatic rings. The number of amidine groups is 1. The van der Waals surface area contributed by atoms with Crippen molar-refractivity contribution in [2.45, 2.75) is 75.5 Å². The third kappa shape index (κ3) is 6.06. The summed E-state index contributed by atoms with van der Waals surface area (Å²) < 4.78 is 89.3. The minimum Gasteiger partial charge on any atom is -0.462 e. The molecule has 1 unspecified atom stereocenters. The molecular formula is C28H31F6N5O. The van der Waals surface area contributed by atoms with Gasteiger partial charge in [0.1, 0.15) is 11.8 Å². The lowest BCUT2D eigenvalue weighted by Gasteiger charge is -2.40. The number of hydrogen-bond donors (Lipinski definition) is 3. The highest BCUT2D eigenvalue weighted by Gasteiger charge is 2.49. The standard InChI is InChI=1S/C28H31F6N5O/c29-27(30,31)18-9-11-19(12-10-18)38-26(24-22(28(32,33)34)8-5-15-36-24)21-13-16-35-17-14-23(21)37-25(39-26)40-20-6-3-1-2-4-7-20/h5,8-12,15,20,35,38H,1-4,6-7,13-14,16-17H2,(H,37,39). The van der Waals surface area contributed by atoms with Crippen molar-refractivity contribution in [3.8, 4) is 0 Å². The van der Waals surface area contributed by atoms with E-state index in [2.05, 4.69) is 20.9 Å². The Morgan fingerprint density at radius 3 is 2.25 bits per heavy atom. The summed E-state index contributed by atoms with van der Waals surface area (Å²) in [6, 6.07) is 6.38. The van der Waals surface area contributed by atoms with Crippen molar-refractivity contribution in [2.75, 3.05) is 18.4 Å². The Morgan fingerprint density at radius 1 is 0.875 bits per heavy atom. The summed E-state index contributed by atoms with van der Waals surface area (Å²) in [7, 11) is 0. The van der Waals surface area contributed by atoms with E-state index in [4.69, 9.17) is 9.73 Å². The smallest absolute Gasteiger partial charge is 0.418 e. The van der Waals surface area contributed by atoms with Crippen LogP contribution in [0.25, 0.3) is 0 Å². The molecule has 0 spiro atoms. The number of ether oxygens (including phenoxy) is 1. The Labute approximate surface area is 228 Å². The fourth-order valence-electron chi connectivity index (χ4n) is 5.57. The van der Waals surface area contributed by atoms with E-state index >= 15 is 0 Å². The lowest BCUT2D eigenvalue weighted by atomic mass is 9.86. The summed E-state index contributed by atoms with van der Waals surface area (Å²) in [5.74, 6) is 0. The second-order valence-corrected chi connectivity index (χ2v) is 10.3. The van der Waals surface area contributed by atoms with Gasteiger partial charge < -0.3 is 20.7 Å². The Morgan fingerprint density at radius 2 is 1.57 bits per heavy atom. The van der Waals surface area contributed by atoms with Gasteiger partial charge in [-0.15, -0.1) is 0 Å². The molecule has 0 saturated heterocycles. The fraction of sp³-hybridized carbons (Fsp3) is 0.500. The van der Waals surface area contributed by atoms with Gasteiger partial charge in [-0.1, -0.05) is 12.8 Å². The molecule has 0 radical (unpaired) electrons. The van der Waals surface area contributed by atoms with Crippen LogP contribution in [-0.4, -0.2) is 30.2 Å². The van der Waals surface area contributed by atoms with Crippen LogP contribution in [0.15, 0.2) is 58.9 Å². The number of pyridine rings is 1. The fourth-order valence-corrected chi connectivity index (χ4v) is 5.57. The lowest BCUT2D eigenvalue weighted by molar-refractivity contribution is -0.139. The summed E-state index contributed by atoms with van der Waals surface area (Å²) in [5.41, 5.74) is -2.78. The number of rotatable bonds is 4. The number of alkyl halides is 6. The largest absolute Gasteiger partial charge is 0.462 e. The maximum Gasteiger partial charge on any atom is 0.418 e. The van der Waals surface area contributed by atoms with E-state index in [-0.39, 0.29) is 23.5 Å². The van der Waals surface area contributed by atoms with Crippen LogP contribution in [-0.2, 0) is 22.8 Å². The molecule has 40 heavy (non-hydrogen) atoms. The Kier molecular flexibility index (Phi) is 7.98. The second-order valence-electron chi connectivity index (χ2n) is 10.3. The van der Waals surface area contributed by atoms with Gasteiger partial charge in [-0.05, 0) is 75.0 Å². The van der Waals surface area contributed by atoms with Gasteiger partial charge in [-0.2, -0.15) is 31.3 Å². The minimum absolute atomic E-state index is 0.0748. The number of nitrogens with one attached hydrogen (secondary N) is 3. The maximum absolute atomic E-state index is 14.4. The molecule has 5 rings (SSSR count). The molecule has 216 valence electrons. The molecule has 0 bridgehead atoms. The molecule has 1 aromatic carbocycles. The van der Waals surface area contributed by atoms with Gasteiger partial charge in [0, 0.05) is 36.1 Å². The van der Waals surface area contributed by atoms with Crippen molar-refractivity contribution in [1.82, 2.24) is 15.6 Å². The number of halogens is 6. The molecule has 1 fully saturated rings. The van der Waals surface area contributed by atoms with E-state index in [1.807, 2.05) is 0 Å². The number of benzene rings is 1. The van der Waals surface area contributed by atoms with E-state index in [1.165, 1.54) is 24.4 Å². The Balaban J connectivity index is 1.67. The highest BCUT2D eigenvalue weighted by Crippen LogP contribution is 2.45. The van der Waals surface area contributed by atoms with E-state index in [1.54, 1.807) is 0 Å². The number of aromatic nitrogens is 1. The summed E-state index contributed by atoms with van der Waals surface area (Å²) >= 11 is 0. The Hall–Kier alpha value is -3.28. The molecule has 3 N–H and O–H groups in total. The number of aliphatic imine (C=N–C) groups is 1. The van der Waals surface area contributed by atoms with Gasteiger partial charge in [0.2, 0.25) is 5.66 Å². The van der Waals surface area contributed by atoms with Crippen LogP contribution in [0.4, 0.5) is 32.0 Å². The highest BCUT2D eigenvalue weighted by molar-refractivity contribution is 5.80. The van der Waals surface area contributed by atoms with Crippen molar-refractivity contribution < 1.29 is 31.1 Å². The lowest BCUT2D eigenvalue weighted by Crippen LogP contribution is -2.47. The van der Waals surface area contributed by atoms with E-state index < -0.39 is 29.1 Å². The molecular weight excluding hydrogens is 536 g/mol. The van der Waals surface area contributed by atoms with E-state index in [9.17, 15) is 26.3 Å². The first-order valence-corrected chi connectivity index (χ1v) is 13.5. The van der Waals surface area contributed by atoms with Crippen molar-refractivity contribution in [2.24, 2.45) is 4.99 Å². The molecule has 1 saturated carbocycles. The first kappa shape index (κ1) is 28.3. The number of anilines is 1. The predicted molar refractivity (Wildman–Crippen MR) is 138 cm³/mol. The highest BCUT2D eigenvalue weighted by atomic mass is 19.4. The number of hydrogen-bond acceptors (Lipinski definition) is 6. The molecule has 12 heteroatoms. The van der Waals surface area contributed by atoms with Crippen LogP contribution in [0.2, 0.25) is 0 Å². The quantitative estimate of drug-likeness (QED) is 0.283. The molecule has 1 aliphatic carbocycles. The van der Waals surface area contributed by atoms with E-state index in [0.29, 0.717) is 37.2 Å². The summed E-state index contributed by atoms with van der Waals surface area (Å²) in [4.78, 5) is 8.98. The monoisotopic (exact) mass is 567 g/mol. The normalized spacial score (nSPS) is 22.9. The van der Waals surface area contributed by atoms with Crippen LogP contribution >= 0.6 is 0 Å². The molecule has 2 aromatic rings. The van der Waals surface area contributed by atoms with Crippen LogP contribution in [0.1, 0.15) is 68.2 Å². The maximum atomic E-state index is 14.4. The molecule has 1 aromatic heterocycles. The molecule has 3 heterocycles. The van der Waals surface area contributed by atoms with Crippen molar-refractivity contribution >= 4 is 11.7 Å². The average Bonchev–Trinajstić information content (AvgIpc) is 3.31. The van der Waals surface area contributed by atoms with Crippen LogP contribution in [0.3, 0.4) is 0 Å². The van der Waals surface area contributed by atoms with Crippen LogP contribution in [0, 0.1) is 0 Å². The zero-order chi connectivity index (χ0) is 28.4. The molecule has 0 amide bonds. The summed E-state index contributed by atoms with van der Waals surface area (Å²) in [5, 5.41) is 9.58. The van der Waals surface area contributed by atoms with Gasteiger partial charge >= 0.3 is 12.4 Å². The number of nitrogens with zero attached hydrogens (tertiary/aromatic N) is 2. The first-order chi connectivity index (χ1) is 19.1. The summed E-state index contributed by atoms with van der Waals surface area (Å²) in [6.45, 7) is 1.05. The van der Waals surface area contributed by atoms with Gasteiger partial charge in [-0.25, -0.2) is 0 Å². The third-order valence-electron chi connectivity index (χ3n) is 7.51. The molecule has 2 aliphatic heterocycles. The van der Waals surface area contributed by atoms with E-state index in [0.717, 1.165) is 56.7 Å². The molecule has 6 nitrogen and oxygen atoms in total. The molecule has 1 atom stereocenters. The van der Waals surface area contributed by atoms with Gasteiger partial charge in [0.05, 0.1) is 11.1 Å². The first-order valence-electron chi connectivity index (χ1n) is 13.5. The third-order valence-corrected chi connectivity index (χ3v) is 7.51. The summed E-state index contributed by atoms with van der Waals surface area (Å²) in [6.07, 6.45) is -1.71. The van der Waals surface area contributed by atoms with Gasteiger partial charge in [-0.3, -0.25) is 4.98 Å². The Bertz CT molecular complexity index is 1250. The predicted octanol–water partition coefficient (Wildman–Crippen LogP) is 6.72.